The first-order chi connectivity index (χ1) is 12.2. The maximum atomic E-state index is 14.0. The predicted octanol–water partition coefficient (Wildman–Crippen LogP) is 4.11. The van der Waals surface area contributed by atoms with E-state index < -0.39 is 5.82 Å². The van der Waals surface area contributed by atoms with Crippen molar-refractivity contribution in [3.63, 3.8) is 0 Å². The first-order valence-corrected chi connectivity index (χ1v) is 8.21. The summed E-state index contributed by atoms with van der Waals surface area (Å²) < 4.78 is 14.0. The number of carbonyl (C=O) groups excluding carboxylic acids is 1. The maximum Gasteiger partial charge on any atom is 0.257 e. The molecule has 0 bridgehead atoms. The summed E-state index contributed by atoms with van der Waals surface area (Å²) in [6.45, 7) is 0.903. The molecule has 0 atom stereocenters. The second kappa shape index (κ2) is 8.20. The van der Waals surface area contributed by atoms with Crippen molar-refractivity contribution in [2.24, 2.45) is 0 Å². The first-order valence-electron chi connectivity index (χ1n) is 8.21. The Morgan fingerprint density at radius 1 is 0.920 bits per heavy atom. The standard InChI is InChI=1S/C21H19FN2O/c22-20-12-5-4-11-19(20)21(25)24(16-17-8-2-1-3-9-17)15-13-18-10-6-7-14-23-18/h1-12,14H,13,15-16H2. The zero-order chi connectivity index (χ0) is 17.5. The van der Waals surface area contributed by atoms with E-state index in [0.717, 1.165) is 11.3 Å². The fraction of sp³-hybridized carbons (Fsp3) is 0.143. The van der Waals surface area contributed by atoms with E-state index in [4.69, 9.17) is 0 Å². The van der Waals surface area contributed by atoms with E-state index in [1.807, 2.05) is 48.5 Å². The highest BCUT2D eigenvalue weighted by molar-refractivity contribution is 5.94. The fourth-order valence-corrected chi connectivity index (χ4v) is 2.66. The molecule has 4 heteroatoms. The molecule has 0 saturated heterocycles. The Hall–Kier alpha value is -3.01. The van der Waals surface area contributed by atoms with Crippen LogP contribution in [0.4, 0.5) is 4.39 Å². The summed E-state index contributed by atoms with van der Waals surface area (Å²) in [5.41, 5.74) is 2.01. The minimum absolute atomic E-state index is 0.0967. The molecule has 1 heterocycles. The molecular formula is C21H19FN2O. The van der Waals surface area contributed by atoms with E-state index >= 15 is 0 Å². The van der Waals surface area contributed by atoms with Gasteiger partial charge in [-0.25, -0.2) is 4.39 Å². The molecule has 0 unspecified atom stereocenters. The van der Waals surface area contributed by atoms with Crippen molar-refractivity contribution in [1.82, 2.24) is 9.88 Å². The molecule has 2 aromatic carbocycles. The normalized spacial score (nSPS) is 10.4. The van der Waals surface area contributed by atoms with Gasteiger partial charge in [0.1, 0.15) is 5.82 Å². The smallest absolute Gasteiger partial charge is 0.257 e. The number of halogens is 1. The van der Waals surface area contributed by atoms with Gasteiger partial charge in [0.2, 0.25) is 0 Å². The molecule has 126 valence electrons. The molecule has 0 aliphatic carbocycles. The van der Waals surface area contributed by atoms with Crippen LogP contribution >= 0.6 is 0 Å². The Morgan fingerprint density at radius 3 is 2.36 bits per heavy atom. The van der Waals surface area contributed by atoms with Gasteiger partial charge in [-0.2, -0.15) is 0 Å². The number of rotatable bonds is 6. The van der Waals surface area contributed by atoms with Gasteiger partial charge in [0.05, 0.1) is 5.56 Å². The first kappa shape index (κ1) is 16.8. The summed E-state index contributed by atoms with van der Waals surface area (Å²) >= 11 is 0. The lowest BCUT2D eigenvalue weighted by Gasteiger charge is -2.23. The van der Waals surface area contributed by atoms with Crippen molar-refractivity contribution in [1.29, 1.82) is 0 Å². The number of amides is 1. The van der Waals surface area contributed by atoms with Gasteiger partial charge >= 0.3 is 0 Å². The molecule has 0 aliphatic heterocycles. The van der Waals surface area contributed by atoms with Crippen LogP contribution in [0.25, 0.3) is 0 Å². The van der Waals surface area contributed by atoms with Crippen LogP contribution in [0.15, 0.2) is 79.0 Å². The molecule has 1 aromatic heterocycles. The summed E-state index contributed by atoms with van der Waals surface area (Å²) in [6, 6.07) is 21.5. The van der Waals surface area contributed by atoms with Gasteiger partial charge in [-0.15, -0.1) is 0 Å². The largest absolute Gasteiger partial charge is 0.334 e. The molecule has 0 saturated carbocycles. The summed E-state index contributed by atoms with van der Waals surface area (Å²) in [6.07, 6.45) is 2.35. The van der Waals surface area contributed by atoms with Gasteiger partial charge in [-0.3, -0.25) is 9.78 Å². The predicted molar refractivity (Wildman–Crippen MR) is 95.5 cm³/mol. The fourth-order valence-electron chi connectivity index (χ4n) is 2.66. The summed E-state index contributed by atoms with van der Waals surface area (Å²) in [7, 11) is 0. The lowest BCUT2D eigenvalue weighted by atomic mass is 10.1. The van der Waals surface area contributed by atoms with E-state index in [0.29, 0.717) is 19.5 Å². The molecule has 3 nitrogen and oxygen atoms in total. The van der Waals surface area contributed by atoms with Crippen molar-refractivity contribution in [3.05, 3.63) is 102 Å². The van der Waals surface area contributed by atoms with Crippen LogP contribution in [0.2, 0.25) is 0 Å². The van der Waals surface area contributed by atoms with Gasteiger partial charge < -0.3 is 4.90 Å². The minimum atomic E-state index is -0.497. The van der Waals surface area contributed by atoms with E-state index in [1.54, 1.807) is 23.2 Å². The Kier molecular flexibility index (Phi) is 5.52. The van der Waals surface area contributed by atoms with Crippen LogP contribution in [-0.2, 0) is 13.0 Å². The second-order valence-electron chi connectivity index (χ2n) is 5.76. The highest BCUT2D eigenvalue weighted by Gasteiger charge is 2.19. The third-order valence-corrected chi connectivity index (χ3v) is 3.97. The second-order valence-corrected chi connectivity index (χ2v) is 5.76. The van der Waals surface area contributed by atoms with E-state index in [-0.39, 0.29) is 11.5 Å². The van der Waals surface area contributed by atoms with E-state index in [2.05, 4.69) is 4.98 Å². The van der Waals surface area contributed by atoms with Crippen LogP contribution in [-0.4, -0.2) is 22.3 Å². The van der Waals surface area contributed by atoms with Crippen molar-refractivity contribution < 1.29 is 9.18 Å². The Balaban J connectivity index is 1.80. The van der Waals surface area contributed by atoms with Crippen LogP contribution in [0, 0.1) is 5.82 Å². The zero-order valence-corrected chi connectivity index (χ0v) is 13.8. The minimum Gasteiger partial charge on any atom is -0.334 e. The summed E-state index contributed by atoms with van der Waals surface area (Å²) in [5, 5.41) is 0. The highest BCUT2D eigenvalue weighted by atomic mass is 19.1. The number of nitrogens with zero attached hydrogens (tertiary/aromatic N) is 2. The van der Waals surface area contributed by atoms with Gasteiger partial charge in [0.25, 0.3) is 5.91 Å². The van der Waals surface area contributed by atoms with Crippen LogP contribution in [0.5, 0.6) is 0 Å². The number of benzene rings is 2. The van der Waals surface area contributed by atoms with Crippen molar-refractivity contribution in [3.8, 4) is 0 Å². The third kappa shape index (κ3) is 4.51. The lowest BCUT2D eigenvalue weighted by Crippen LogP contribution is -2.33. The quantitative estimate of drug-likeness (QED) is 0.680. The number of carbonyl (C=O) groups is 1. The number of hydrogen-bond donors (Lipinski definition) is 0. The molecule has 3 aromatic rings. The van der Waals surface area contributed by atoms with Gasteiger partial charge in [0, 0.05) is 31.4 Å². The Bertz CT molecular complexity index is 822. The monoisotopic (exact) mass is 334 g/mol. The zero-order valence-electron chi connectivity index (χ0n) is 13.8. The van der Waals surface area contributed by atoms with Gasteiger partial charge in [-0.1, -0.05) is 48.5 Å². The summed E-state index contributed by atoms with van der Waals surface area (Å²) in [5.74, 6) is -0.804. The van der Waals surface area contributed by atoms with Crippen molar-refractivity contribution >= 4 is 5.91 Å². The number of aromatic nitrogens is 1. The average Bonchev–Trinajstić information content (AvgIpc) is 2.66. The Morgan fingerprint density at radius 2 is 1.64 bits per heavy atom. The van der Waals surface area contributed by atoms with E-state index in [9.17, 15) is 9.18 Å². The third-order valence-electron chi connectivity index (χ3n) is 3.97. The molecule has 0 fully saturated rings. The summed E-state index contributed by atoms with van der Waals surface area (Å²) in [4.78, 5) is 18.8. The molecule has 1 amide bonds. The molecule has 3 rings (SSSR count). The van der Waals surface area contributed by atoms with E-state index in [1.165, 1.54) is 12.1 Å². The Labute approximate surface area is 146 Å². The molecule has 25 heavy (non-hydrogen) atoms. The molecule has 0 spiro atoms. The lowest BCUT2D eigenvalue weighted by molar-refractivity contribution is 0.0740. The average molecular weight is 334 g/mol. The number of hydrogen-bond acceptors (Lipinski definition) is 2. The topological polar surface area (TPSA) is 33.2 Å². The van der Waals surface area contributed by atoms with Crippen LogP contribution < -0.4 is 0 Å². The van der Waals surface area contributed by atoms with Crippen molar-refractivity contribution in [2.45, 2.75) is 13.0 Å². The van der Waals surface area contributed by atoms with Crippen molar-refractivity contribution in [2.75, 3.05) is 6.54 Å². The molecule has 0 N–H and O–H groups in total. The highest BCUT2D eigenvalue weighted by Crippen LogP contribution is 2.14. The molecular weight excluding hydrogens is 315 g/mol. The number of pyridine rings is 1. The van der Waals surface area contributed by atoms with Gasteiger partial charge in [-0.05, 0) is 29.8 Å². The van der Waals surface area contributed by atoms with Crippen LogP contribution in [0.1, 0.15) is 21.6 Å². The maximum absolute atomic E-state index is 14.0. The molecule has 0 aliphatic rings. The van der Waals surface area contributed by atoms with Crippen LogP contribution in [0.3, 0.4) is 0 Å². The molecule has 0 radical (unpaired) electrons. The SMILES string of the molecule is O=C(c1ccccc1F)N(CCc1ccccn1)Cc1ccccc1. The van der Waals surface area contributed by atoms with Gasteiger partial charge in [0.15, 0.2) is 0 Å².